The van der Waals surface area contributed by atoms with Crippen LogP contribution in [0.15, 0.2) is 36.4 Å². The first-order valence-electron chi connectivity index (χ1n) is 7.69. The molecule has 29 heavy (non-hydrogen) atoms. The summed E-state index contributed by atoms with van der Waals surface area (Å²) >= 11 is 5.55. The van der Waals surface area contributed by atoms with E-state index in [-0.39, 0.29) is 16.3 Å². The summed E-state index contributed by atoms with van der Waals surface area (Å²) in [6, 6.07) is 5.97. The van der Waals surface area contributed by atoms with Crippen LogP contribution in [0.2, 0.25) is 5.02 Å². The highest BCUT2D eigenvalue weighted by molar-refractivity contribution is 6.30. The van der Waals surface area contributed by atoms with Gasteiger partial charge in [-0.3, -0.25) is 14.9 Å². The zero-order chi connectivity index (χ0) is 21.8. The molecule has 0 radical (unpaired) electrons. The number of hydrogen-bond donors (Lipinski definition) is 1. The second-order valence-electron chi connectivity index (χ2n) is 5.46. The van der Waals surface area contributed by atoms with Crippen molar-refractivity contribution in [1.82, 2.24) is 0 Å². The summed E-state index contributed by atoms with van der Waals surface area (Å²) in [5, 5.41) is 12.8. The predicted molar refractivity (Wildman–Crippen MR) is 95.0 cm³/mol. The summed E-state index contributed by atoms with van der Waals surface area (Å²) in [6.07, 6.45) is -4.77. The van der Waals surface area contributed by atoms with E-state index in [0.717, 1.165) is 24.3 Å². The number of nitro benzene ring substituents is 1. The van der Waals surface area contributed by atoms with E-state index < -0.39 is 46.5 Å². The number of rotatable bonds is 6. The summed E-state index contributed by atoms with van der Waals surface area (Å²) in [5.41, 5.74) is -2.48. The van der Waals surface area contributed by atoms with Crippen molar-refractivity contribution in [3.05, 3.63) is 62.7 Å². The molecule has 0 spiro atoms. The van der Waals surface area contributed by atoms with Gasteiger partial charge < -0.3 is 14.8 Å². The number of carbonyl (C=O) groups is 2. The van der Waals surface area contributed by atoms with Crippen molar-refractivity contribution in [2.24, 2.45) is 0 Å². The molecule has 0 saturated carbocycles. The van der Waals surface area contributed by atoms with E-state index >= 15 is 0 Å². The topological polar surface area (TPSA) is 108 Å². The van der Waals surface area contributed by atoms with Gasteiger partial charge in [-0.1, -0.05) is 11.6 Å². The number of alkyl halides is 3. The lowest BCUT2D eigenvalue weighted by molar-refractivity contribution is -0.385. The van der Waals surface area contributed by atoms with Crippen LogP contribution in [0.5, 0.6) is 5.75 Å². The fourth-order valence-corrected chi connectivity index (χ4v) is 2.39. The molecule has 154 valence electrons. The minimum atomic E-state index is -4.77. The van der Waals surface area contributed by atoms with Gasteiger partial charge in [-0.25, -0.2) is 4.79 Å². The van der Waals surface area contributed by atoms with Gasteiger partial charge in [-0.2, -0.15) is 13.2 Å². The molecule has 1 N–H and O–H groups in total. The van der Waals surface area contributed by atoms with Crippen molar-refractivity contribution in [2.45, 2.75) is 6.18 Å². The molecule has 8 nitrogen and oxygen atoms in total. The average Bonchev–Trinajstić information content (AvgIpc) is 2.66. The van der Waals surface area contributed by atoms with E-state index in [1.165, 1.54) is 13.2 Å². The molecule has 2 aromatic rings. The second kappa shape index (κ2) is 8.78. The highest BCUT2D eigenvalue weighted by Crippen LogP contribution is 2.36. The van der Waals surface area contributed by atoms with Crippen molar-refractivity contribution in [2.75, 3.05) is 19.0 Å². The normalized spacial score (nSPS) is 10.9. The molecule has 0 fully saturated rings. The molecular weight excluding hydrogens is 421 g/mol. The largest absolute Gasteiger partial charge is 0.490 e. The number of methoxy groups -OCH3 is 1. The van der Waals surface area contributed by atoms with Gasteiger partial charge in [0.2, 0.25) is 0 Å². The third-order valence-electron chi connectivity index (χ3n) is 3.51. The standard InChI is InChI=1S/C17H12ClF3N2O6/c1-28-14-5-2-9(6-13(14)23(26)27)16(25)29-8-15(24)22-12-4-3-10(18)7-11(12)17(19,20)21/h2-7H,8H2,1H3,(H,22,24). The second-order valence-corrected chi connectivity index (χ2v) is 5.89. The molecule has 0 bridgehead atoms. The molecule has 0 atom stereocenters. The number of anilines is 1. The van der Waals surface area contributed by atoms with Crippen LogP contribution in [0, 0.1) is 10.1 Å². The van der Waals surface area contributed by atoms with Crippen molar-refractivity contribution in [3.8, 4) is 5.75 Å². The zero-order valence-electron chi connectivity index (χ0n) is 14.6. The average molecular weight is 433 g/mol. The monoisotopic (exact) mass is 432 g/mol. The predicted octanol–water partition coefficient (Wildman–Crippen LogP) is 4.07. The number of halogens is 4. The number of nitrogens with zero attached hydrogens (tertiary/aromatic N) is 1. The maximum absolute atomic E-state index is 13.0. The Balaban J connectivity index is 2.08. The summed E-state index contributed by atoms with van der Waals surface area (Å²) in [5.74, 6) is -2.22. The fraction of sp³-hybridized carbons (Fsp3) is 0.176. The number of benzene rings is 2. The van der Waals surface area contributed by atoms with Gasteiger partial charge in [0.05, 0.1) is 28.8 Å². The molecule has 0 aliphatic carbocycles. The number of hydrogen-bond acceptors (Lipinski definition) is 6. The highest BCUT2D eigenvalue weighted by atomic mass is 35.5. The SMILES string of the molecule is COc1ccc(C(=O)OCC(=O)Nc2ccc(Cl)cc2C(F)(F)F)cc1[N+](=O)[O-]. The lowest BCUT2D eigenvalue weighted by Crippen LogP contribution is -2.22. The van der Waals surface area contributed by atoms with E-state index in [9.17, 15) is 32.9 Å². The molecule has 0 heterocycles. The number of amides is 1. The molecular formula is C17H12ClF3N2O6. The van der Waals surface area contributed by atoms with Crippen LogP contribution in [-0.2, 0) is 15.7 Å². The maximum Gasteiger partial charge on any atom is 0.418 e. The van der Waals surface area contributed by atoms with Crippen LogP contribution in [-0.4, -0.2) is 30.5 Å². The Kier molecular flexibility index (Phi) is 6.64. The van der Waals surface area contributed by atoms with Crippen molar-refractivity contribution < 1.29 is 37.2 Å². The quantitative estimate of drug-likeness (QED) is 0.419. The van der Waals surface area contributed by atoms with Crippen molar-refractivity contribution in [1.29, 1.82) is 0 Å². The van der Waals surface area contributed by atoms with Gasteiger partial charge in [0, 0.05) is 11.1 Å². The molecule has 0 aromatic heterocycles. The molecule has 0 saturated heterocycles. The Morgan fingerprint density at radius 1 is 1.21 bits per heavy atom. The van der Waals surface area contributed by atoms with Crippen LogP contribution in [0.3, 0.4) is 0 Å². The first kappa shape index (κ1) is 22.0. The lowest BCUT2D eigenvalue weighted by Gasteiger charge is -2.14. The number of nitro groups is 1. The number of nitrogens with one attached hydrogen (secondary N) is 1. The Morgan fingerprint density at radius 2 is 1.90 bits per heavy atom. The zero-order valence-corrected chi connectivity index (χ0v) is 15.3. The van der Waals surface area contributed by atoms with Crippen LogP contribution < -0.4 is 10.1 Å². The minimum absolute atomic E-state index is 0.0910. The molecule has 2 rings (SSSR count). The Morgan fingerprint density at radius 3 is 2.48 bits per heavy atom. The van der Waals surface area contributed by atoms with Gasteiger partial charge in [-0.05, 0) is 30.3 Å². The molecule has 2 aromatic carbocycles. The fourth-order valence-electron chi connectivity index (χ4n) is 2.22. The summed E-state index contributed by atoms with van der Waals surface area (Å²) in [4.78, 5) is 34.0. The van der Waals surface area contributed by atoms with Crippen molar-refractivity contribution in [3.63, 3.8) is 0 Å². The smallest absolute Gasteiger partial charge is 0.418 e. The van der Waals surface area contributed by atoms with E-state index in [4.69, 9.17) is 21.1 Å². The van der Waals surface area contributed by atoms with Crippen LogP contribution in [0.1, 0.15) is 15.9 Å². The van der Waals surface area contributed by atoms with E-state index in [0.29, 0.717) is 6.07 Å². The van der Waals surface area contributed by atoms with Crippen LogP contribution in [0.25, 0.3) is 0 Å². The number of ether oxygens (including phenoxy) is 2. The Bertz CT molecular complexity index is 965. The Hall–Kier alpha value is -3.34. The first-order valence-corrected chi connectivity index (χ1v) is 8.07. The number of carbonyl (C=O) groups excluding carboxylic acids is 2. The van der Waals surface area contributed by atoms with Crippen molar-refractivity contribution >= 4 is 34.9 Å². The molecule has 0 unspecified atom stereocenters. The van der Waals surface area contributed by atoms with Gasteiger partial charge >= 0.3 is 17.8 Å². The third kappa shape index (κ3) is 5.57. The Labute approximate surface area is 166 Å². The van der Waals surface area contributed by atoms with E-state index in [1.54, 1.807) is 0 Å². The van der Waals surface area contributed by atoms with E-state index in [2.05, 4.69) is 0 Å². The van der Waals surface area contributed by atoms with Crippen LogP contribution in [0.4, 0.5) is 24.5 Å². The van der Waals surface area contributed by atoms with Gasteiger partial charge in [0.15, 0.2) is 12.4 Å². The summed E-state index contributed by atoms with van der Waals surface area (Å²) < 4.78 is 48.5. The van der Waals surface area contributed by atoms with Gasteiger partial charge in [0.25, 0.3) is 5.91 Å². The molecule has 0 aliphatic heterocycles. The first-order chi connectivity index (χ1) is 13.5. The summed E-state index contributed by atoms with van der Waals surface area (Å²) in [7, 11) is 1.20. The van der Waals surface area contributed by atoms with Crippen LogP contribution >= 0.6 is 11.6 Å². The lowest BCUT2D eigenvalue weighted by atomic mass is 10.1. The van der Waals surface area contributed by atoms with Gasteiger partial charge in [0.1, 0.15) is 0 Å². The molecule has 12 heteroatoms. The molecule has 1 amide bonds. The number of esters is 1. The third-order valence-corrected chi connectivity index (χ3v) is 3.74. The van der Waals surface area contributed by atoms with E-state index in [1.807, 2.05) is 5.32 Å². The van der Waals surface area contributed by atoms with Gasteiger partial charge in [-0.15, -0.1) is 0 Å². The summed E-state index contributed by atoms with van der Waals surface area (Å²) in [6.45, 7) is -0.918. The maximum atomic E-state index is 13.0. The molecule has 0 aliphatic rings. The minimum Gasteiger partial charge on any atom is -0.490 e. The highest BCUT2D eigenvalue weighted by Gasteiger charge is 2.34.